The Balaban J connectivity index is 0.00000370. The maximum Gasteiger partial charge on any atom is 0.343 e. The molecule has 200 valence electrons. The molecular weight excluding hydrogens is 587 g/mol. The van der Waals surface area contributed by atoms with Crippen LogP contribution in [0.15, 0.2) is 133 Å². The van der Waals surface area contributed by atoms with Crippen molar-refractivity contribution in [2.24, 2.45) is 0 Å². The van der Waals surface area contributed by atoms with Gasteiger partial charge in [-0.25, -0.2) is 4.79 Å². The Labute approximate surface area is 243 Å². The quantitative estimate of drug-likeness (QED) is 0.0925. The molecule has 5 rings (SSSR count). The highest BCUT2D eigenvalue weighted by atomic mass is 79.9. The van der Waals surface area contributed by atoms with E-state index >= 15 is 0 Å². The van der Waals surface area contributed by atoms with Gasteiger partial charge in [0.25, 0.3) is 0 Å². The van der Waals surface area contributed by atoms with Crippen molar-refractivity contribution >= 4 is 34.9 Å². The van der Waals surface area contributed by atoms with Crippen LogP contribution in [0.2, 0.25) is 0 Å². The minimum absolute atomic E-state index is 0. The average molecular weight is 613 g/mol. The molecule has 0 radical (unpaired) electrons. The van der Waals surface area contributed by atoms with Gasteiger partial charge >= 0.3 is 5.97 Å². The number of hydrogen-bond donors (Lipinski definition) is 2. The Morgan fingerprint density at radius 1 is 0.600 bits per heavy atom. The molecular formula is C33H26BrO5P. The standard InChI is InChI=1S/C33H25O5P.BrH/c34-29-21-28(32(22-30(29)35)38-33(37)24-13-5-1-6-14-24)31(36)23-39(25-15-7-2-8-16-25,26-17-9-3-10-18-26)27-19-11-4-12-20-27;/h1-22H,23H2,(H-,34,35,36);1H. The van der Waals surface area contributed by atoms with Crippen molar-refractivity contribution in [2.45, 2.75) is 0 Å². The molecule has 5 nitrogen and oxygen atoms in total. The van der Waals surface area contributed by atoms with Crippen LogP contribution in [0.5, 0.6) is 17.2 Å². The number of esters is 1. The third kappa shape index (κ3) is 5.84. The molecule has 5 aromatic carbocycles. The van der Waals surface area contributed by atoms with Gasteiger partial charge in [0.1, 0.15) is 35.1 Å². The molecule has 0 saturated heterocycles. The number of carbonyl (C=O) groups is 2. The topological polar surface area (TPSA) is 83.8 Å². The summed E-state index contributed by atoms with van der Waals surface area (Å²) in [6, 6.07) is 40.4. The van der Waals surface area contributed by atoms with Crippen molar-refractivity contribution in [2.75, 3.05) is 6.16 Å². The predicted octanol–water partition coefficient (Wildman–Crippen LogP) is 2.50. The van der Waals surface area contributed by atoms with E-state index in [4.69, 9.17) is 4.74 Å². The Morgan fingerprint density at radius 3 is 1.45 bits per heavy atom. The fraction of sp³-hybridized carbons (Fsp3) is 0.0303. The van der Waals surface area contributed by atoms with Crippen LogP contribution in [0.4, 0.5) is 0 Å². The average Bonchev–Trinajstić information content (AvgIpc) is 2.99. The summed E-state index contributed by atoms with van der Waals surface area (Å²) in [5, 5.41) is 23.6. The maximum atomic E-state index is 14.2. The number of ether oxygens (including phenoxy) is 1. The van der Waals surface area contributed by atoms with Gasteiger partial charge in [-0.3, -0.25) is 4.79 Å². The van der Waals surface area contributed by atoms with Gasteiger partial charge in [-0.1, -0.05) is 72.8 Å². The summed E-state index contributed by atoms with van der Waals surface area (Å²) in [7, 11) is -2.55. The van der Waals surface area contributed by atoms with Gasteiger partial charge in [0, 0.05) is 6.07 Å². The molecule has 0 saturated carbocycles. The summed E-state index contributed by atoms with van der Waals surface area (Å²) in [6.45, 7) is 0. The van der Waals surface area contributed by atoms with E-state index in [0.29, 0.717) is 5.56 Å². The molecule has 0 atom stereocenters. The van der Waals surface area contributed by atoms with Gasteiger partial charge in [-0.2, -0.15) is 0 Å². The second-order valence-electron chi connectivity index (χ2n) is 8.99. The van der Waals surface area contributed by atoms with Crippen LogP contribution in [0.25, 0.3) is 0 Å². The second kappa shape index (κ2) is 12.7. The fourth-order valence-electron chi connectivity index (χ4n) is 4.66. The number of aromatic hydroxyl groups is 2. The minimum atomic E-state index is -2.55. The zero-order valence-corrected chi connectivity index (χ0v) is 23.8. The van der Waals surface area contributed by atoms with Gasteiger partial charge in [0.15, 0.2) is 11.5 Å². The number of carbonyl (C=O) groups excluding carboxylic acids is 2. The van der Waals surface area contributed by atoms with E-state index in [-0.39, 0.29) is 40.2 Å². The predicted molar refractivity (Wildman–Crippen MR) is 156 cm³/mol. The molecule has 0 spiro atoms. The Bertz CT molecular complexity index is 1500. The van der Waals surface area contributed by atoms with E-state index < -0.39 is 24.7 Å². The Hall–Kier alpha value is -4.25. The first-order chi connectivity index (χ1) is 19.0. The number of rotatable bonds is 8. The van der Waals surface area contributed by atoms with Crippen molar-refractivity contribution in [3.63, 3.8) is 0 Å². The largest absolute Gasteiger partial charge is 1.00 e. The van der Waals surface area contributed by atoms with Crippen LogP contribution in [0.3, 0.4) is 0 Å². The summed E-state index contributed by atoms with van der Waals surface area (Å²) in [6.07, 6.45) is 0.0745. The summed E-state index contributed by atoms with van der Waals surface area (Å²) in [4.78, 5) is 27.1. The van der Waals surface area contributed by atoms with Gasteiger partial charge in [0.05, 0.1) is 11.1 Å². The molecule has 0 aliphatic heterocycles. The Kier molecular flexibility index (Phi) is 9.15. The number of phenols is 2. The lowest BCUT2D eigenvalue weighted by atomic mass is 10.1. The third-order valence-electron chi connectivity index (χ3n) is 6.56. The minimum Gasteiger partial charge on any atom is -1.00 e. The van der Waals surface area contributed by atoms with Crippen molar-refractivity contribution < 1.29 is 41.5 Å². The zero-order valence-electron chi connectivity index (χ0n) is 21.4. The van der Waals surface area contributed by atoms with E-state index in [2.05, 4.69) is 0 Å². The number of halogens is 1. The molecule has 0 aromatic heterocycles. The number of ketones is 1. The first-order valence-electron chi connectivity index (χ1n) is 12.4. The monoisotopic (exact) mass is 612 g/mol. The molecule has 0 bridgehead atoms. The summed E-state index contributed by atoms with van der Waals surface area (Å²) in [5.74, 6) is -2.08. The lowest BCUT2D eigenvalue weighted by molar-refractivity contribution is -0.0000305. The van der Waals surface area contributed by atoms with E-state index in [1.54, 1.807) is 30.3 Å². The summed E-state index contributed by atoms with van der Waals surface area (Å²) >= 11 is 0. The number of benzene rings is 5. The van der Waals surface area contributed by atoms with Gasteiger partial charge < -0.3 is 31.9 Å². The summed E-state index contributed by atoms with van der Waals surface area (Å²) < 4.78 is 5.60. The van der Waals surface area contributed by atoms with E-state index in [0.717, 1.165) is 22.0 Å². The highest BCUT2D eigenvalue weighted by Gasteiger charge is 2.47. The molecule has 0 aliphatic rings. The highest BCUT2D eigenvalue weighted by Crippen LogP contribution is 2.56. The molecule has 0 amide bonds. The highest BCUT2D eigenvalue weighted by molar-refractivity contribution is 7.96. The van der Waals surface area contributed by atoms with Crippen LogP contribution < -0.4 is 37.6 Å². The van der Waals surface area contributed by atoms with Crippen molar-refractivity contribution in [3.05, 3.63) is 145 Å². The molecule has 0 heterocycles. The maximum absolute atomic E-state index is 14.2. The van der Waals surface area contributed by atoms with E-state index in [1.807, 2.05) is 91.0 Å². The van der Waals surface area contributed by atoms with Crippen molar-refractivity contribution in [3.8, 4) is 17.2 Å². The zero-order chi connectivity index (χ0) is 27.2. The normalized spacial score (nSPS) is 10.8. The molecule has 0 aliphatic carbocycles. The van der Waals surface area contributed by atoms with Gasteiger partial charge in [0.2, 0.25) is 5.78 Å². The van der Waals surface area contributed by atoms with Crippen molar-refractivity contribution in [1.82, 2.24) is 0 Å². The fourth-order valence-corrected chi connectivity index (χ4v) is 8.75. The lowest BCUT2D eigenvalue weighted by Gasteiger charge is -2.27. The molecule has 0 fully saturated rings. The third-order valence-corrected chi connectivity index (χ3v) is 10.9. The van der Waals surface area contributed by atoms with Crippen LogP contribution in [0, 0.1) is 0 Å². The molecule has 5 aromatic rings. The number of hydrogen-bond acceptors (Lipinski definition) is 5. The van der Waals surface area contributed by atoms with Crippen LogP contribution in [0.1, 0.15) is 20.7 Å². The SMILES string of the molecule is O=C(Oc1cc(O)c(O)cc1C(=O)C[P+](c1ccccc1)(c1ccccc1)c1ccccc1)c1ccccc1.[Br-]. The van der Waals surface area contributed by atoms with Gasteiger partial charge in [-0.05, 0) is 54.6 Å². The molecule has 7 heteroatoms. The van der Waals surface area contributed by atoms with E-state index in [1.165, 1.54) is 6.07 Å². The first-order valence-corrected chi connectivity index (χ1v) is 14.4. The molecule has 0 unspecified atom stereocenters. The van der Waals surface area contributed by atoms with Gasteiger partial charge in [-0.15, -0.1) is 0 Å². The Morgan fingerprint density at radius 2 is 1.00 bits per heavy atom. The molecule has 40 heavy (non-hydrogen) atoms. The first kappa shape index (κ1) is 28.8. The van der Waals surface area contributed by atoms with Crippen LogP contribution in [-0.4, -0.2) is 28.1 Å². The lowest BCUT2D eigenvalue weighted by Crippen LogP contribution is -3.00. The number of Topliss-reactive ketones (excluding diaryl/α,β-unsaturated/α-hetero) is 1. The second-order valence-corrected chi connectivity index (χ2v) is 12.5. The van der Waals surface area contributed by atoms with E-state index in [9.17, 15) is 19.8 Å². The molecule has 2 N–H and O–H groups in total. The van der Waals surface area contributed by atoms with Crippen molar-refractivity contribution in [1.29, 1.82) is 0 Å². The number of phenolic OH excluding ortho intramolecular Hbond substituents is 2. The van der Waals surface area contributed by atoms with Crippen LogP contribution >= 0.6 is 7.26 Å². The summed E-state index contributed by atoms with van der Waals surface area (Å²) in [5.41, 5.74) is 0.310. The van der Waals surface area contributed by atoms with Crippen LogP contribution in [-0.2, 0) is 0 Å². The smallest absolute Gasteiger partial charge is 0.343 e.